The lowest BCUT2D eigenvalue weighted by Gasteiger charge is -2.12. The normalized spacial score (nSPS) is 8.62. The van der Waals surface area contributed by atoms with Crippen LogP contribution in [0.1, 0.15) is 20.8 Å². The smallest absolute Gasteiger partial charge is 0.458 e. The Bertz CT molecular complexity index is 207. The van der Waals surface area contributed by atoms with E-state index in [1.165, 1.54) is 0 Å². The summed E-state index contributed by atoms with van der Waals surface area (Å²) in [6.45, 7) is 3.40. The summed E-state index contributed by atoms with van der Waals surface area (Å²) < 4.78 is 13.5. The standard InChI is InChI=1S/C6H10O6Si.C2H7N/c1-4(7)10-13(11-5(2)8)12-6(3)9;1-3-2/h13H,1-3H3;3H,1-2H3. The monoisotopic (exact) mass is 251 g/mol. The van der Waals surface area contributed by atoms with Gasteiger partial charge in [0, 0.05) is 20.8 Å². The van der Waals surface area contributed by atoms with Crippen LogP contribution in [0.25, 0.3) is 0 Å². The van der Waals surface area contributed by atoms with Gasteiger partial charge in [-0.2, -0.15) is 0 Å². The van der Waals surface area contributed by atoms with E-state index in [2.05, 4.69) is 18.6 Å². The van der Waals surface area contributed by atoms with Crippen LogP contribution in [0.3, 0.4) is 0 Å². The van der Waals surface area contributed by atoms with Gasteiger partial charge in [0.25, 0.3) is 17.9 Å². The Morgan fingerprint density at radius 2 is 1.00 bits per heavy atom. The van der Waals surface area contributed by atoms with Crippen LogP contribution in [0, 0.1) is 0 Å². The summed E-state index contributed by atoms with van der Waals surface area (Å²) >= 11 is 0. The molecule has 0 bridgehead atoms. The molecular formula is C8H17NO6Si. The van der Waals surface area contributed by atoms with E-state index in [-0.39, 0.29) is 0 Å². The number of hydrogen-bond acceptors (Lipinski definition) is 7. The lowest BCUT2D eigenvalue weighted by molar-refractivity contribution is -0.144. The topological polar surface area (TPSA) is 90.9 Å². The van der Waals surface area contributed by atoms with Crippen molar-refractivity contribution in [3.8, 4) is 0 Å². The highest BCUT2D eigenvalue weighted by molar-refractivity contribution is 6.43. The van der Waals surface area contributed by atoms with Crippen molar-refractivity contribution >= 4 is 27.4 Å². The Hall–Kier alpha value is -1.41. The zero-order valence-corrected chi connectivity index (χ0v) is 11.2. The molecule has 0 unspecified atom stereocenters. The third-order valence-electron chi connectivity index (χ3n) is 0.787. The van der Waals surface area contributed by atoms with Crippen molar-refractivity contribution in [2.75, 3.05) is 14.1 Å². The highest BCUT2D eigenvalue weighted by Crippen LogP contribution is 1.94. The maximum atomic E-state index is 10.4. The number of rotatable bonds is 3. The third-order valence-corrected chi connectivity index (χ3v) is 2.36. The predicted molar refractivity (Wildman–Crippen MR) is 57.4 cm³/mol. The van der Waals surface area contributed by atoms with E-state index in [4.69, 9.17) is 0 Å². The van der Waals surface area contributed by atoms with Crippen LogP contribution in [0.2, 0.25) is 0 Å². The minimum absolute atomic E-state index is 0.654. The van der Waals surface area contributed by atoms with Gasteiger partial charge in [0.15, 0.2) is 0 Å². The molecule has 0 aromatic heterocycles. The average molecular weight is 251 g/mol. The Labute approximate surface area is 96.0 Å². The summed E-state index contributed by atoms with van der Waals surface area (Å²) in [4.78, 5) is 31.3. The second-order valence-electron chi connectivity index (χ2n) is 2.62. The summed E-state index contributed by atoms with van der Waals surface area (Å²) in [6, 6.07) is 0. The molecule has 0 atom stereocenters. The fourth-order valence-electron chi connectivity index (χ4n) is 0.479. The summed E-state index contributed by atoms with van der Waals surface area (Å²) in [5.41, 5.74) is 0. The Morgan fingerprint density at radius 3 is 1.12 bits per heavy atom. The zero-order valence-electron chi connectivity index (χ0n) is 10.0. The molecule has 0 aliphatic rings. The number of carbonyl (C=O) groups is 3. The van der Waals surface area contributed by atoms with Gasteiger partial charge in [-0.05, 0) is 14.1 Å². The minimum Gasteiger partial charge on any atom is -0.458 e. The largest absolute Gasteiger partial charge is 0.689 e. The Morgan fingerprint density at radius 1 is 0.812 bits per heavy atom. The van der Waals surface area contributed by atoms with E-state index >= 15 is 0 Å². The van der Waals surface area contributed by atoms with Crippen molar-refractivity contribution in [1.29, 1.82) is 0 Å². The van der Waals surface area contributed by atoms with E-state index in [0.717, 1.165) is 20.8 Å². The van der Waals surface area contributed by atoms with Crippen LogP contribution < -0.4 is 5.32 Å². The van der Waals surface area contributed by atoms with Gasteiger partial charge in [0.1, 0.15) is 0 Å². The van der Waals surface area contributed by atoms with Crippen LogP contribution in [0.15, 0.2) is 0 Å². The summed E-state index contributed by atoms with van der Waals surface area (Å²) in [5, 5.41) is 2.75. The number of hydrogen-bond donors (Lipinski definition) is 1. The Kier molecular flexibility index (Phi) is 10.7. The first-order valence-corrected chi connectivity index (χ1v) is 5.85. The first-order valence-electron chi connectivity index (χ1n) is 4.43. The van der Waals surface area contributed by atoms with E-state index in [1.807, 2.05) is 14.1 Å². The van der Waals surface area contributed by atoms with Crippen LogP contribution in [-0.2, 0) is 27.7 Å². The molecule has 0 spiro atoms. The first-order chi connectivity index (χ1) is 7.33. The molecule has 8 heteroatoms. The maximum Gasteiger partial charge on any atom is 0.689 e. The van der Waals surface area contributed by atoms with Crippen LogP contribution in [0.4, 0.5) is 0 Å². The van der Waals surface area contributed by atoms with Gasteiger partial charge in [-0.3, -0.25) is 14.4 Å². The minimum atomic E-state index is -2.96. The summed E-state index contributed by atoms with van der Waals surface area (Å²) in [7, 11) is 0.794. The van der Waals surface area contributed by atoms with Crippen LogP contribution in [-0.4, -0.2) is 41.5 Å². The van der Waals surface area contributed by atoms with Crippen molar-refractivity contribution in [3.63, 3.8) is 0 Å². The molecule has 0 aliphatic heterocycles. The third kappa shape index (κ3) is 15.1. The summed E-state index contributed by atoms with van der Waals surface area (Å²) in [5.74, 6) is -1.96. The molecule has 1 N–H and O–H groups in total. The molecule has 0 aromatic carbocycles. The van der Waals surface area contributed by atoms with Crippen molar-refractivity contribution in [2.45, 2.75) is 20.8 Å². The predicted octanol–water partition coefficient (Wildman–Crippen LogP) is -0.771. The van der Waals surface area contributed by atoms with Crippen molar-refractivity contribution < 1.29 is 27.7 Å². The van der Waals surface area contributed by atoms with Gasteiger partial charge in [-0.1, -0.05) is 0 Å². The molecule has 0 rings (SSSR count). The van der Waals surface area contributed by atoms with E-state index in [0.29, 0.717) is 0 Å². The molecule has 0 saturated heterocycles. The number of carbonyl (C=O) groups excluding carboxylic acids is 3. The van der Waals surface area contributed by atoms with Gasteiger partial charge in [-0.25, -0.2) is 0 Å². The lowest BCUT2D eigenvalue weighted by atomic mass is 10.9. The van der Waals surface area contributed by atoms with Gasteiger partial charge >= 0.3 is 9.53 Å². The van der Waals surface area contributed by atoms with E-state index < -0.39 is 27.4 Å². The Balaban J connectivity index is 0. The molecule has 0 heterocycles. The molecule has 94 valence electrons. The van der Waals surface area contributed by atoms with Crippen molar-refractivity contribution in [2.24, 2.45) is 0 Å². The van der Waals surface area contributed by atoms with Crippen molar-refractivity contribution in [3.05, 3.63) is 0 Å². The molecular weight excluding hydrogens is 234 g/mol. The van der Waals surface area contributed by atoms with E-state index in [9.17, 15) is 14.4 Å². The van der Waals surface area contributed by atoms with Gasteiger partial charge in [0.05, 0.1) is 0 Å². The molecule has 0 saturated carbocycles. The fourth-order valence-corrected chi connectivity index (χ4v) is 1.44. The van der Waals surface area contributed by atoms with Gasteiger partial charge < -0.3 is 18.6 Å². The molecule has 16 heavy (non-hydrogen) atoms. The fraction of sp³-hybridized carbons (Fsp3) is 0.625. The second-order valence-corrected chi connectivity index (χ2v) is 3.90. The maximum absolute atomic E-state index is 10.4. The van der Waals surface area contributed by atoms with Crippen molar-refractivity contribution in [1.82, 2.24) is 5.32 Å². The van der Waals surface area contributed by atoms with E-state index in [1.54, 1.807) is 0 Å². The average Bonchev–Trinajstić information content (AvgIpc) is 2.00. The highest BCUT2D eigenvalue weighted by Gasteiger charge is 2.25. The van der Waals surface area contributed by atoms with Gasteiger partial charge in [0.2, 0.25) is 0 Å². The van der Waals surface area contributed by atoms with Crippen LogP contribution >= 0.6 is 0 Å². The SMILES string of the molecule is CC(=O)O[SiH](OC(C)=O)OC(C)=O.CNC. The molecule has 0 aliphatic carbocycles. The second kappa shape index (κ2) is 10.1. The molecule has 0 fully saturated rings. The van der Waals surface area contributed by atoms with Crippen LogP contribution in [0.5, 0.6) is 0 Å². The quantitative estimate of drug-likeness (QED) is 0.658. The highest BCUT2D eigenvalue weighted by atomic mass is 28.3. The molecule has 0 aromatic rings. The molecule has 0 radical (unpaired) electrons. The number of nitrogens with one attached hydrogen (secondary N) is 1. The van der Waals surface area contributed by atoms with Gasteiger partial charge in [-0.15, -0.1) is 0 Å². The first kappa shape index (κ1) is 17.0. The lowest BCUT2D eigenvalue weighted by Crippen LogP contribution is -2.32. The zero-order chi connectivity index (χ0) is 13.1. The molecule has 0 amide bonds. The summed E-state index contributed by atoms with van der Waals surface area (Å²) in [6.07, 6.45) is 0. The molecule has 7 nitrogen and oxygen atoms in total.